The van der Waals surface area contributed by atoms with Crippen LogP contribution >= 0.6 is 0 Å². The molecule has 0 bridgehead atoms. The molecule has 4 rings (SSSR count). The molecule has 2 aromatic heterocycles. The molecule has 0 unspecified atom stereocenters. The highest BCUT2D eigenvalue weighted by Gasteiger charge is 2.14. The molecule has 0 radical (unpaired) electrons. The SMILES string of the molecule is C=CC(=O)Nc1cc(Nc2ncn3cnc(-c4cccc(F)c4)c3n2)ccc1N(C)CCN(C)C. The first-order chi connectivity index (χ1) is 16.8. The normalized spacial score (nSPS) is 11.0. The number of carbonyl (C=O) groups excluding carboxylic acids is 1. The maximum absolute atomic E-state index is 13.7. The topological polar surface area (TPSA) is 90.7 Å². The fourth-order valence-corrected chi connectivity index (χ4v) is 3.53. The molecule has 35 heavy (non-hydrogen) atoms. The number of rotatable bonds is 9. The largest absolute Gasteiger partial charge is 0.372 e. The van der Waals surface area contributed by atoms with Crippen molar-refractivity contribution >= 4 is 34.6 Å². The lowest BCUT2D eigenvalue weighted by molar-refractivity contribution is -0.111. The quantitative estimate of drug-likeness (QED) is 0.357. The summed E-state index contributed by atoms with van der Waals surface area (Å²) >= 11 is 0. The number of amides is 1. The molecule has 0 aliphatic heterocycles. The summed E-state index contributed by atoms with van der Waals surface area (Å²) in [5, 5.41) is 6.06. The lowest BCUT2D eigenvalue weighted by Gasteiger charge is -2.24. The molecule has 2 heterocycles. The molecule has 1 amide bonds. The second-order valence-electron chi connectivity index (χ2n) is 8.29. The maximum Gasteiger partial charge on any atom is 0.247 e. The molecular weight excluding hydrogens is 447 g/mol. The highest BCUT2D eigenvalue weighted by Crippen LogP contribution is 2.30. The zero-order chi connectivity index (χ0) is 24.9. The predicted octanol–water partition coefficient (Wildman–Crippen LogP) is 3.80. The van der Waals surface area contributed by atoms with Gasteiger partial charge in [-0.2, -0.15) is 4.98 Å². The molecule has 4 aromatic rings. The minimum atomic E-state index is -0.346. The third-order valence-corrected chi connectivity index (χ3v) is 5.37. The fraction of sp³-hybridized carbons (Fsp3) is 0.200. The summed E-state index contributed by atoms with van der Waals surface area (Å²) in [7, 11) is 6.00. The summed E-state index contributed by atoms with van der Waals surface area (Å²) in [4.78, 5) is 29.5. The molecule has 9 nitrogen and oxygen atoms in total. The zero-order valence-corrected chi connectivity index (χ0v) is 19.9. The van der Waals surface area contributed by atoms with Gasteiger partial charge in [0, 0.05) is 31.4 Å². The Morgan fingerprint density at radius 3 is 2.66 bits per heavy atom. The van der Waals surface area contributed by atoms with Gasteiger partial charge in [0.1, 0.15) is 24.2 Å². The Balaban J connectivity index is 1.64. The Kier molecular flexibility index (Phi) is 7.02. The summed E-state index contributed by atoms with van der Waals surface area (Å²) in [6, 6.07) is 11.8. The van der Waals surface area contributed by atoms with Crippen molar-refractivity contribution in [3.8, 4) is 11.3 Å². The molecule has 0 aliphatic carbocycles. The average Bonchev–Trinajstić information content (AvgIpc) is 3.26. The van der Waals surface area contributed by atoms with E-state index in [1.165, 1.54) is 18.2 Å². The highest BCUT2D eigenvalue weighted by molar-refractivity contribution is 6.01. The van der Waals surface area contributed by atoms with Gasteiger partial charge in [-0.25, -0.2) is 14.4 Å². The van der Waals surface area contributed by atoms with Crippen LogP contribution in [-0.4, -0.2) is 64.4 Å². The van der Waals surface area contributed by atoms with Crippen molar-refractivity contribution in [2.24, 2.45) is 0 Å². The number of hydrogen-bond donors (Lipinski definition) is 2. The lowest BCUT2D eigenvalue weighted by Crippen LogP contribution is -2.29. The van der Waals surface area contributed by atoms with E-state index in [-0.39, 0.29) is 11.7 Å². The van der Waals surface area contributed by atoms with Gasteiger partial charge in [0.15, 0.2) is 5.65 Å². The molecule has 180 valence electrons. The second-order valence-corrected chi connectivity index (χ2v) is 8.29. The van der Waals surface area contributed by atoms with Gasteiger partial charge in [0.25, 0.3) is 0 Å². The van der Waals surface area contributed by atoms with Crippen LogP contribution in [0.3, 0.4) is 0 Å². The molecule has 0 aliphatic rings. The van der Waals surface area contributed by atoms with Gasteiger partial charge in [0.05, 0.1) is 11.4 Å². The van der Waals surface area contributed by atoms with Crippen LogP contribution in [0.1, 0.15) is 0 Å². The zero-order valence-electron chi connectivity index (χ0n) is 19.9. The number of anilines is 4. The van der Waals surface area contributed by atoms with Crippen LogP contribution in [0.15, 0.2) is 67.8 Å². The van der Waals surface area contributed by atoms with E-state index in [4.69, 9.17) is 0 Å². The summed E-state index contributed by atoms with van der Waals surface area (Å²) in [6.45, 7) is 5.18. The third kappa shape index (κ3) is 5.61. The van der Waals surface area contributed by atoms with Crippen molar-refractivity contribution < 1.29 is 9.18 Å². The van der Waals surface area contributed by atoms with E-state index >= 15 is 0 Å². The monoisotopic (exact) mass is 474 g/mol. The number of halogens is 1. The number of aromatic nitrogens is 4. The number of carbonyl (C=O) groups is 1. The van der Waals surface area contributed by atoms with Crippen LogP contribution in [-0.2, 0) is 4.79 Å². The van der Waals surface area contributed by atoms with Gasteiger partial charge in [0.2, 0.25) is 11.9 Å². The number of fused-ring (bicyclic) bond motifs is 1. The summed E-state index contributed by atoms with van der Waals surface area (Å²) in [6.07, 6.45) is 4.40. The van der Waals surface area contributed by atoms with Gasteiger partial charge in [-0.1, -0.05) is 18.7 Å². The molecule has 0 saturated carbocycles. The summed E-state index contributed by atoms with van der Waals surface area (Å²) in [5.74, 6) is -0.313. The molecule has 0 atom stereocenters. The van der Waals surface area contributed by atoms with Crippen molar-refractivity contribution in [1.82, 2.24) is 24.3 Å². The standard InChI is InChI=1S/C25H27FN8O/c1-5-22(35)30-20-14-19(9-10-21(20)33(4)12-11-32(2)3)29-25-28-16-34-15-27-23(24(34)31-25)17-7-6-8-18(26)13-17/h5-10,13-16H,1,11-12H2,2-4H3,(H,29,31)(H,30,35). The first-order valence-corrected chi connectivity index (χ1v) is 11.0. The molecule has 0 saturated heterocycles. The van der Waals surface area contributed by atoms with Crippen LogP contribution in [0.4, 0.5) is 27.4 Å². The van der Waals surface area contributed by atoms with E-state index in [0.717, 1.165) is 18.8 Å². The van der Waals surface area contributed by atoms with E-state index in [1.54, 1.807) is 29.2 Å². The summed E-state index contributed by atoms with van der Waals surface area (Å²) < 4.78 is 15.4. The minimum absolute atomic E-state index is 0.305. The average molecular weight is 475 g/mol. The number of nitrogens with zero attached hydrogens (tertiary/aromatic N) is 6. The van der Waals surface area contributed by atoms with E-state index < -0.39 is 0 Å². The number of likely N-dealkylation sites (N-methyl/N-ethyl adjacent to an activating group) is 2. The van der Waals surface area contributed by atoms with Crippen LogP contribution in [0, 0.1) is 5.82 Å². The molecule has 0 spiro atoms. The van der Waals surface area contributed by atoms with Crippen LogP contribution < -0.4 is 15.5 Å². The Bertz CT molecular complexity index is 1370. The molecular formula is C25H27FN8O. The van der Waals surface area contributed by atoms with E-state index in [0.29, 0.717) is 34.2 Å². The fourth-order valence-electron chi connectivity index (χ4n) is 3.53. The van der Waals surface area contributed by atoms with E-state index in [9.17, 15) is 9.18 Å². The minimum Gasteiger partial charge on any atom is -0.372 e. The Hall–Kier alpha value is -4.31. The molecule has 10 heteroatoms. The van der Waals surface area contributed by atoms with Gasteiger partial charge in [-0.15, -0.1) is 0 Å². The Labute approximate surface area is 202 Å². The lowest BCUT2D eigenvalue weighted by atomic mass is 10.1. The van der Waals surface area contributed by atoms with Gasteiger partial charge in [-0.05, 0) is 50.5 Å². The highest BCUT2D eigenvalue weighted by atomic mass is 19.1. The molecule has 2 aromatic carbocycles. The number of hydrogen-bond acceptors (Lipinski definition) is 7. The Morgan fingerprint density at radius 1 is 1.11 bits per heavy atom. The predicted molar refractivity (Wildman–Crippen MR) is 137 cm³/mol. The first kappa shape index (κ1) is 23.8. The van der Waals surface area contributed by atoms with Crippen molar-refractivity contribution in [2.45, 2.75) is 0 Å². The van der Waals surface area contributed by atoms with Crippen molar-refractivity contribution in [2.75, 3.05) is 49.8 Å². The van der Waals surface area contributed by atoms with Crippen LogP contribution in [0.25, 0.3) is 16.9 Å². The molecule has 0 fully saturated rings. The number of imidazole rings is 1. The third-order valence-electron chi connectivity index (χ3n) is 5.37. The number of benzene rings is 2. The van der Waals surface area contributed by atoms with Gasteiger partial charge in [-0.3, -0.25) is 9.20 Å². The van der Waals surface area contributed by atoms with Gasteiger partial charge >= 0.3 is 0 Å². The maximum atomic E-state index is 13.7. The van der Waals surface area contributed by atoms with Crippen molar-refractivity contribution in [3.63, 3.8) is 0 Å². The summed E-state index contributed by atoms with van der Waals surface area (Å²) in [5.41, 5.74) is 3.89. The van der Waals surface area contributed by atoms with E-state index in [2.05, 4.69) is 42.0 Å². The first-order valence-electron chi connectivity index (χ1n) is 11.0. The van der Waals surface area contributed by atoms with E-state index in [1.807, 2.05) is 39.3 Å². The van der Waals surface area contributed by atoms with Crippen LogP contribution in [0.5, 0.6) is 0 Å². The smallest absolute Gasteiger partial charge is 0.247 e. The van der Waals surface area contributed by atoms with Crippen molar-refractivity contribution in [3.05, 3.63) is 73.6 Å². The van der Waals surface area contributed by atoms with Crippen LogP contribution in [0.2, 0.25) is 0 Å². The Morgan fingerprint density at radius 2 is 1.91 bits per heavy atom. The van der Waals surface area contributed by atoms with Gasteiger partial charge < -0.3 is 20.4 Å². The second kappa shape index (κ2) is 10.3. The van der Waals surface area contributed by atoms with Crippen molar-refractivity contribution in [1.29, 1.82) is 0 Å². The molecule has 2 N–H and O–H groups in total. The number of nitrogens with one attached hydrogen (secondary N) is 2.